The average molecular weight is 297 g/mol. The number of halogens is 3. The first-order valence-corrected chi connectivity index (χ1v) is 7.42. The first kappa shape index (κ1) is 17.7. The zero-order valence-corrected chi connectivity index (χ0v) is 12.4. The summed E-state index contributed by atoms with van der Waals surface area (Å²) in [6.07, 6.45) is 0.302. The van der Waals surface area contributed by atoms with Crippen molar-refractivity contribution in [1.82, 2.24) is 5.32 Å². The minimum atomic E-state index is -4.23. The minimum Gasteiger partial charge on any atom is -0.375 e. The van der Waals surface area contributed by atoms with Crippen molar-refractivity contribution in [1.29, 1.82) is 0 Å². The summed E-state index contributed by atoms with van der Waals surface area (Å²) in [5.41, 5.74) is -0.0251. The highest BCUT2D eigenvalue weighted by Gasteiger charge is 2.34. The first-order chi connectivity index (χ1) is 9.41. The molecule has 120 valence electrons. The second-order valence-corrected chi connectivity index (χ2v) is 5.40. The predicted octanol–water partition coefficient (Wildman–Crippen LogP) is 3.28. The number of ether oxygens (including phenoxy) is 2. The van der Waals surface area contributed by atoms with Crippen molar-refractivity contribution in [2.45, 2.75) is 63.8 Å². The maximum absolute atomic E-state index is 11.9. The van der Waals surface area contributed by atoms with Crippen molar-refractivity contribution >= 4 is 0 Å². The van der Waals surface area contributed by atoms with Crippen molar-refractivity contribution in [2.75, 3.05) is 26.4 Å². The second kappa shape index (κ2) is 8.20. The molecule has 1 atom stereocenters. The number of alkyl halides is 3. The molecule has 0 saturated carbocycles. The highest BCUT2D eigenvalue weighted by Crippen LogP contribution is 2.31. The van der Waals surface area contributed by atoms with Crippen LogP contribution in [0.15, 0.2) is 0 Å². The Kier molecular flexibility index (Phi) is 7.26. The molecule has 0 bridgehead atoms. The van der Waals surface area contributed by atoms with Crippen LogP contribution in [0.3, 0.4) is 0 Å². The largest absolute Gasteiger partial charge is 0.411 e. The third kappa shape index (κ3) is 6.41. The fourth-order valence-corrected chi connectivity index (χ4v) is 2.61. The van der Waals surface area contributed by atoms with E-state index in [0.717, 1.165) is 32.3 Å². The van der Waals surface area contributed by atoms with Crippen molar-refractivity contribution in [3.63, 3.8) is 0 Å². The summed E-state index contributed by atoms with van der Waals surface area (Å²) in [5.74, 6) is 0. The summed E-state index contributed by atoms with van der Waals surface area (Å²) in [6.45, 7) is 4.70. The summed E-state index contributed by atoms with van der Waals surface area (Å²) >= 11 is 0. The molecule has 1 saturated heterocycles. The van der Waals surface area contributed by atoms with Crippen LogP contribution in [0.4, 0.5) is 13.2 Å². The second-order valence-electron chi connectivity index (χ2n) is 5.40. The molecule has 1 N–H and O–H groups in total. The molecule has 1 unspecified atom stereocenters. The smallest absolute Gasteiger partial charge is 0.375 e. The number of nitrogens with one attached hydrogen (secondary N) is 1. The normalized spacial score (nSPS) is 22.9. The third-order valence-electron chi connectivity index (χ3n) is 3.95. The van der Waals surface area contributed by atoms with E-state index in [0.29, 0.717) is 19.0 Å². The van der Waals surface area contributed by atoms with Crippen LogP contribution >= 0.6 is 0 Å². The Bertz CT molecular complexity index is 268. The van der Waals surface area contributed by atoms with E-state index in [1.807, 2.05) is 0 Å². The van der Waals surface area contributed by atoms with Gasteiger partial charge in [-0.1, -0.05) is 13.8 Å². The zero-order chi connectivity index (χ0) is 15.1. The standard InChI is InChI=1S/C14H26F3NO2/c1-3-13(4-2)10-12(6-9-20-13)18-7-5-8-19-11-14(15,16)17/h12,18H,3-11H2,1-2H3. The van der Waals surface area contributed by atoms with E-state index >= 15 is 0 Å². The Morgan fingerprint density at radius 3 is 2.60 bits per heavy atom. The lowest BCUT2D eigenvalue weighted by molar-refractivity contribution is -0.174. The Morgan fingerprint density at radius 1 is 1.30 bits per heavy atom. The van der Waals surface area contributed by atoms with Gasteiger partial charge in [0, 0.05) is 19.3 Å². The maximum atomic E-state index is 11.9. The number of hydrogen-bond donors (Lipinski definition) is 1. The molecule has 0 aliphatic carbocycles. The van der Waals surface area contributed by atoms with E-state index < -0.39 is 12.8 Å². The lowest BCUT2D eigenvalue weighted by Gasteiger charge is -2.40. The van der Waals surface area contributed by atoms with Crippen LogP contribution in [-0.2, 0) is 9.47 Å². The molecule has 6 heteroatoms. The topological polar surface area (TPSA) is 30.5 Å². The Morgan fingerprint density at radius 2 is 2.00 bits per heavy atom. The first-order valence-electron chi connectivity index (χ1n) is 7.42. The monoisotopic (exact) mass is 297 g/mol. The van der Waals surface area contributed by atoms with Gasteiger partial charge in [0.05, 0.1) is 5.60 Å². The van der Waals surface area contributed by atoms with E-state index in [9.17, 15) is 13.2 Å². The number of hydrogen-bond acceptors (Lipinski definition) is 3. The van der Waals surface area contributed by atoms with Crippen molar-refractivity contribution in [3.8, 4) is 0 Å². The fourth-order valence-electron chi connectivity index (χ4n) is 2.61. The summed E-state index contributed by atoms with van der Waals surface area (Å²) in [6, 6.07) is 0.395. The van der Waals surface area contributed by atoms with Gasteiger partial charge in [0.1, 0.15) is 6.61 Å². The molecule has 20 heavy (non-hydrogen) atoms. The molecular weight excluding hydrogens is 271 g/mol. The summed E-state index contributed by atoms with van der Waals surface area (Å²) in [4.78, 5) is 0. The van der Waals surface area contributed by atoms with Gasteiger partial charge in [-0.2, -0.15) is 13.2 Å². The predicted molar refractivity (Wildman–Crippen MR) is 71.8 cm³/mol. The van der Waals surface area contributed by atoms with E-state index in [1.165, 1.54) is 0 Å². The van der Waals surface area contributed by atoms with Crippen LogP contribution in [-0.4, -0.2) is 44.2 Å². The Hall–Kier alpha value is -0.330. The van der Waals surface area contributed by atoms with Gasteiger partial charge in [0.2, 0.25) is 0 Å². The van der Waals surface area contributed by atoms with Crippen LogP contribution in [0.5, 0.6) is 0 Å². The van der Waals surface area contributed by atoms with E-state index in [1.54, 1.807) is 0 Å². The molecule has 1 aliphatic heterocycles. The van der Waals surface area contributed by atoms with Gasteiger partial charge in [0.25, 0.3) is 0 Å². The molecule has 0 amide bonds. The molecule has 1 aliphatic rings. The fraction of sp³-hybridized carbons (Fsp3) is 1.00. The summed E-state index contributed by atoms with van der Waals surface area (Å²) < 4.78 is 46.1. The van der Waals surface area contributed by atoms with Gasteiger partial charge < -0.3 is 14.8 Å². The van der Waals surface area contributed by atoms with Crippen LogP contribution in [0.2, 0.25) is 0 Å². The average Bonchev–Trinajstić information content (AvgIpc) is 2.41. The SMILES string of the molecule is CCC1(CC)CC(NCCCOCC(F)(F)F)CCO1. The lowest BCUT2D eigenvalue weighted by Crippen LogP contribution is -2.46. The molecule has 0 spiro atoms. The lowest BCUT2D eigenvalue weighted by atomic mass is 9.86. The van der Waals surface area contributed by atoms with E-state index in [-0.39, 0.29) is 12.2 Å². The molecule has 3 nitrogen and oxygen atoms in total. The van der Waals surface area contributed by atoms with Crippen molar-refractivity contribution in [2.24, 2.45) is 0 Å². The maximum Gasteiger partial charge on any atom is 0.411 e. The third-order valence-corrected chi connectivity index (χ3v) is 3.95. The van der Waals surface area contributed by atoms with Crippen LogP contribution in [0.25, 0.3) is 0 Å². The summed E-state index contributed by atoms with van der Waals surface area (Å²) in [7, 11) is 0. The highest BCUT2D eigenvalue weighted by molar-refractivity contribution is 4.88. The highest BCUT2D eigenvalue weighted by atomic mass is 19.4. The van der Waals surface area contributed by atoms with Gasteiger partial charge in [0.15, 0.2) is 0 Å². The van der Waals surface area contributed by atoms with Crippen LogP contribution < -0.4 is 5.32 Å². The van der Waals surface area contributed by atoms with E-state index in [2.05, 4.69) is 23.9 Å². The quantitative estimate of drug-likeness (QED) is 0.697. The van der Waals surface area contributed by atoms with Gasteiger partial charge in [-0.15, -0.1) is 0 Å². The molecule has 1 heterocycles. The van der Waals surface area contributed by atoms with Gasteiger partial charge >= 0.3 is 6.18 Å². The molecule has 1 fully saturated rings. The molecule has 0 aromatic rings. The van der Waals surface area contributed by atoms with Crippen molar-refractivity contribution in [3.05, 3.63) is 0 Å². The van der Waals surface area contributed by atoms with E-state index in [4.69, 9.17) is 4.74 Å². The molecule has 0 radical (unpaired) electrons. The van der Waals surface area contributed by atoms with Crippen LogP contribution in [0.1, 0.15) is 46.0 Å². The summed E-state index contributed by atoms with van der Waals surface area (Å²) in [5, 5.41) is 3.40. The Balaban J connectivity index is 2.13. The molecular formula is C14H26F3NO2. The van der Waals surface area contributed by atoms with Crippen LogP contribution in [0, 0.1) is 0 Å². The molecule has 1 rings (SSSR count). The minimum absolute atomic E-state index is 0.0251. The van der Waals surface area contributed by atoms with Gasteiger partial charge in [-0.05, 0) is 38.6 Å². The molecule has 0 aromatic carbocycles. The van der Waals surface area contributed by atoms with Crippen molar-refractivity contribution < 1.29 is 22.6 Å². The number of rotatable bonds is 8. The molecule has 0 aromatic heterocycles. The zero-order valence-electron chi connectivity index (χ0n) is 12.4. The van der Waals surface area contributed by atoms with Gasteiger partial charge in [-0.3, -0.25) is 0 Å². The van der Waals surface area contributed by atoms with Gasteiger partial charge in [-0.25, -0.2) is 0 Å². The Labute approximate surface area is 119 Å².